The van der Waals surface area contributed by atoms with E-state index in [2.05, 4.69) is 0 Å². The number of piperazine rings is 1. The molecule has 2 amide bonds. The molecule has 25 heavy (non-hydrogen) atoms. The van der Waals surface area contributed by atoms with E-state index in [9.17, 15) is 14.0 Å². The van der Waals surface area contributed by atoms with Crippen molar-refractivity contribution in [1.82, 2.24) is 9.80 Å². The molecule has 2 aromatic rings. The van der Waals surface area contributed by atoms with Gasteiger partial charge in [-0.25, -0.2) is 4.39 Å². The summed E-state index contributed by atoms with van der Waals surface area (Å²) in [6.07, 6.45) is 0. The molecule has 0 saturated carbocycles. The summed E-state index contributed by atoms with van der Waals surface area (Å²) in [6.45, 7) is 1.48. The zero-order valence-corrected chi connectivity index (χ0v) is 14.7. The van der Waals surface area contributed by atoms with Crippen molar-refractivity contribution >= 4 is 35.0 Å². The van der Waals surface area contributed by atoms with Crippen LogP contribution in [-0.2, 0) is 0 Å². The Kier molecular flexibility index (Phi) is 5.25. The lowest BCUT2D eigenvalue weighted by atomic mass is 10.1. The van der Waals surface area contributed by atoms with Gasteiger partial charge in [0.05, 0.1) is 5.56 Å². The van der Waals surface area contributed by atoms with E-state index < -0.39 is 11.7 Å². The zero-order valence-electron chi connectivity index (χ0n) is 13.2. The van der Waals surface area contributed by atoms with E-state index in [1.165, 1.54) is 17.0 Å². The molecule has 0 aromatic heterocycles. The summed E-state index contributed by atoms with van der Waals surface area (Å²) in [5.74, 6) is -1.15. The highest BCUT2D eigenvalue weighted by molar-refractivity contribution is 6.31. The number of halogens is 3. The van der Waals surface area contributed by atoms with Crippen LogP contribution in [-0.4, -0.2) is 47.8 Å². The van der Waals surface area contributed by atoms with Crippen LogP contribution in [0.4, 0.5) is 4.39 Å². The standard InChI is InChI=1S/C18H15Cl2FN2O2/c19-13-3-1-12(2-4-13)17(24)22-7-9-23(10-8-22)18(25)15-6-5-14(20)11-16(15)21/h1-6,11H,7-10H2. The van der Waals surface area contributed by atoms with Crippen LogP contribution in [0.3, 0.4) is 0 Å². The third-order valence-corrected chi connectivity index (χ3v) is 4.59. The maximum Gasteiger partial charge on any atom is 0.256 e. The molecule has 0 radical (unpaired) electrons. The van der Waals surface area contributed by atoms with E-state index in [1.807, 2.05) is 0 Å². The number of benzene rings is 2. The fourth-order valence-electron chi connectivity index (χ4n) is 2.72. The summed E-state index contributed by atoms with van der Waals surface area (Å²) in [4.78, 5) is 28.1. The molecule has 130 valence electrons. The van der Waals surface area contributed by atoms with Gasteiger partial charge in [0, 0.05) is 41.8 Å². The topological polar surface area (TPSA) is 40.6 Å². The molecule has 0 bridgehead atoms. The first kappa shape index (κ1) is 17.7. The van der Waals surface area contributed by atoms with Crippen LogP contribution in [0.1, 0.15) is 20.7 Å². The molecule has 2 aromatic carbocycles. The Balaban J connectivity index is 1.64. The lowest BCUT2D eigenvalue weighted by Gasteiger charge is -2.35. The highest BCUT2D eigenvalue weighted by Gasteiger charge is 2.26. The molecule has 0 unspecified atom stereocenters. The van der Waals surface area contributed by atoms with Crippen molar-refractivity contribution < 1.29 is 14.0 Å². The number of carbonyl (C=O) groups is 2. The van der Waals surface area contributed by atoms with Gasteiger partial charge in [0.25, 0.3) is 11.8 Å². The predicted octanol–water partition coefficient (Wildman–Crippen LogP) is 3.73. The number of hydrogen-bond acceptors (Lipinski definition) is 2. The summed E-state index contributed by atoms with van der Waals surface area (Å²) in [7, 11) is 0. The number of nitrogens with zero attached hydrogens (tertiary/aromatic N) is 2. The van der Waals surface area contributed by atoms with E-state index in [-0.39, 0.29) is 16.5 Å². The minimum absolute atomic E-state index is 0.0122. The maximum atomic E-state index is 13.9. The second kappa shape index (κ2) is 7.42. The summed E-state index contributed by atoms with van der Waals surface area (Å²) in [6, 6.07) is 10.7. The molecule has 0 N–H and O–H groups in total. The fourth-order valence-corrected chi connectivity index (χ4v) is 3.01. The normalized spacial score (nSPS) is 14.5. The highest BCUT2D eigenvalue weighted by atomic mass is 35.5. The first-order valence-corrected chi connectivity index (χ1v) is 8.50. The number of rotatable bonds is 2. The quantitative estimate of drug-likeness (QED) is 0.796. The van der Waals surface area contributed by atoms with Gasteiger partial charge in [-0.05, 0) is 42.5 Å². The summed E-state index contributed by atoms with van der Waals surface area (Å²) in [5, 5.41) is 0.810. The minimum atomic E-state index is -0.642. The molecule has 1 aliphatic heterocycles. The third-order valence-electron chi connectivity index (χ3n) is 4.11. The van der Waals surface area contributed by atoms with Crippen LogP contribution < -0.4 is 0 Å². The summed E-state index contributed by atoms with van der Waals surface area (Å²) in [5.41, 5.74) is 0.537. The van der Waals surface area contributed by atoms with Gasteiger partial charge >= 0.3 is 0 Å². The molecule has 7 heteroatoms. The zero-order chi connectivity index (χ0) is 18.0. The molecule has 0 aliphatic carbocycles. The van der Waals surface area contributed by atoms with Gasteiger partial charge in [0.1, 0.15) is 5.82 Å². The van der Waals surface area contributed by atoms with Crippen LogP contribution in [0.2, 0.25) is 10.0 Å². The van der Waals surface area contributed by atoms with Crippen molar-refractivity contribution in [1.29, 1.82) is 0 Å². The van der Waals surface area contributed by atoms with Crippen LogP contribution in [0.5, 0.6) is 0 Å². The van der Waals surface area contributed by atoms with Crippen molar-refractivity contribution in [3.8, 4) is 0 Å². The van der Waals surface area contributed by atoms with Gasteiger partial charge in [-0.1, -0.05) is 23.2 Å². The first-order chi connectivity index (χ1) is 12.0. The molecular weight excluding hydrogens is 366 g/mol. The average molecular weight is 381 g/mol. The molecule has 1 saturated heterocycles. The Hall–Kier alpha value is -2.11. The Labute approximate surface area is 154 Å². The molecular formula is C18H15Cl2FN2O2. The lowest BCUT2D eigenvalue weighted by molar-refractivity contribution is 0.0533. The molecule has 1 fully saturated rings. The fraction of sp³-hybridized carbons (Fsp3) is 0.222. The Morgan fingerprint density at radius 3 is 1.88 bits per heavy atom. The van der Waals surface area contributed by atoms with Crippen molar-refractivity contribution in [2.24, 2.45) is 0 Å². The number of hydrogen-bond donors (Lipinski definition) is 0. The van der Waals surface area contributed by atoms with Crippen LogP contribution in [0.15, 0.2) is 42.5 Å². The first-order valence-electron chi connectivity index (χ1n) is 7.75. The largest absolute Gasteiger partial charge is 0.335 e. The predicted molar refractivity (Wildman–Crippen MR) is 94.7 cm³/mol. The van der Waals surface area contributed by atoms with Gasteiger partial charge in [-0.15, -0.1) is 0 Å². The molecule has 1 aliphatic rings. The van der Waals surface area contributed by atoms with Crippen molar-refractivity contribution in [2.75, 3.05) is 26.2 Å². The van der Waals surface area contributed by atoms with Crippen molar-refractivity contribution in [2.45, 2.75) is 0 Å². The molecule has 3 rings (SSSR count). The Morgan fingerprint density at radius 1 is 0.800 bits per heavy atom. The van der Waals surface area contributed by atoms with E-state index >= 15 is 0 Å². The van der Waals surface area contributed by atoms with Gasteiger partial charge in [-0.2, -0.15) is 0 Å². The van der Waals surface area contributed by atoms with Gasteiger partial charge < -0.3 is 9.80 Å². The lowest BCUT2D eigenvalue weighted by Crippen LogP contribution is -2.50. The van der Waals surface area contributed by atoms with Gasteiger partial charge in [0.15, 0.2) is 0 Å². The molecule has 0 atom stereocenters. The Morgan fingerprint density at radius 2 is 1.32 bits per heavy atom. The molecule has 1 heterocycles. The van der Waals surface area contributed by atoms with E-state index in [0.717, 1.165) is 6.07 Å². The summed E-state index contributed by atoms with van der Waals surface area (Å²) >= 11 is 11.5. The second-order valence-corrected chi connectivity index (χ2v) is 6.59. The maximum absolute atomic E-state index is 13.9. The van der Waals surface area contributed by atoms with Crippen LogP contribution in [0.25, 0.3) is 0 Å². The van der Waals surface area contributed by atoms with E-state index in [4.69, 9.17) is 23.2 Å². The monoisotopic (exact) mass is 380 g/mol. The molecule has 0 spiro atoms. The third kappa shape index (κ3) is 3.94. The smallest absolute Gasteiger partial charge is 0.256 e. The number of carbonyl (C=O) groups excluding carboxylic acids is 2. The van der Waals surface area contributed by atoms with E-state index in [1.54, 1.807) is 29.2 Å². The van der Waals surface area contributed by atoms with Crippen LogP contribution >= 0.6 is 23.2 Å². The SMILES string of the molecule is O=C(c1ccc(Cl)cc1)N1CCN(C(=O)c2ccc(Cl)cc2F)CC1. The van der Waals surface area contributed by atoms with Crippen molar-refractivity contribution in [3.05, 3.63) is 69.5 Å². The highest BCUT2D eigenvalue weighted by Crippen LogP contribution is 2.18. The van der Waals surface area contributed by atoms with Gasteiger partial charge in [0.2, 0.25) is 0 Å². The van der Waals surface area contributed by atoms with E-state index in [0.29, 0.717) is 36.8 Å². The average Bonchev–Trinajstić information content (AvgIpc) is 2.61. The summed E-state index contributed by atoms with van der Waals surface area (Å²) < 4.78 is 13.9. The molecule has 4 nitrogen and oxygen atoms in total. The van der Waals surface area contributed by atoms with Gasteiger partial charge in [-0.3, -0.25) is 9.59 Å². The Bertz CT molecular complexity index is 803. The van der Waals surface area contributed by atoms with Crippen LogP contribution in [0, 0.1) is 5.82 Å². The number of amides is 2. The van der Waals surface area contributed by atoms with Crippen molar-refractivity contribution in [3.63, 3.8) is 0 Å². The second-order valence-electron chi connectivity index (χ2n) is 5.72. The minimum Gasteiger partial charge on any atom is -0.335 e.